The zero-order valence-electron chi connectivity index (χ0n) is 15.4. The lowest BCUT2D eigenvalue weighted by Crippen LogP contribution is -2.71. The Balaban J connectivity index is 1.73. The molecule has 0 spiro atoms. The highest BCUT2D eigenvalue weighted by Gasteiger charge is 2.64. The summed E-state index contributed by atoms with van der Waals surface area (Å²) in [6, 6.07) is -0.317. The van der Waals surface area contributed by atoms with Crippen LogP contribution in [-0.4, -0.2) is 73.5 Å². The quantitative estimate of drug-likeness (QED) is 0.331. The van der Waals surface area contributed by atoms with Gasteiger partial charge in [0.1, 0.15) is 24.0 Å². The third-order valence-corrected chi connectivity index (χ3v) is 7.06. The highest BCUT2D eigenvalue weighted by Crippen LogP contribution is 2.50. The zero-order valence-corrected chi connectivity index (χ0v) is 17.1. The van der Waals surface area contributed by atoms with Gasteiger partial charge in [-0.3, -0.25) is 24.0 Å². The lowest BCUT2D eigenvalue weighted by molar-refractivity contribution is -0.156. The smallest absolute Gasteiger partial charge is 0.322 e. The van der Waals surface area contributed by atoms with Gasteiger partial charge in [0.2, 0.25) is 17.7 Å². The van der Waals surface area contributed by atoms with E-state index in [9.17, 15) is 29.1 Å². The van der Waals surface area contributed by atoms with Crippen molar-refractivity contribution in [2.45, 2.75) is 42.0 Å². The number of hydrogen-bond donors (Lipinski definition) is 4. The van der Waals surface area contributed by atoms with Crippen molar-refractivity contribution in [2.24, 2.45) is 0 Å². The number of carbonyl (C=O) groups is 5. The predicted octanol–water partition coefficient (Wildman–Crippen LogP) is -0.336. The van der Waals surface area contributed by atoms with Gasteiger partial charge < -0.3 is 25.7 Å². The van der Waals surface area contributed by atoms with Crippen LogP contribution in [-0.2, 0) is 24.0 Å². The third-order valence-electron chi connectivity index (χ3n) is 4.79. The van der Waals surface area contributed by atoms with E-state index in [1.807, 2.05) is 0 Å². The molecule has 2 fully saturated rings. The fourth-order valence-corrected chi connectivity index (χ4v) is 5.83. The molecule has 4 N–H and O–H groups in total. The van der Waals surface area contributed by atoms with Crippen LogP contribution in [0.2, 0.25) is 0 Å². The maximum Gasteiger partial charge on any atom is 0.322 e. The molecular weight excluding hydrogens is 422 g/mol. The van der Waals surface area contributed by atoms with Crippen LogP contribution in [0.5, 0.6) is 0 Å². The van der Waals surface area contributed by atoms with Gasteiger partial charge in [-0.25, -0.2) is 0 Å². The standard InChI is InChI=1S/C17H19N3O7S2/c1-17(2)11(13(24)18-5-8(21)22)20-14(25)10(15(20)29-17)19-12(23)9(16(26)27)7-3-4-28-6-7/h3-4,6,9-11,15H,5H2,1-2H3,(H,18,24)(H,19,23)(H,21,22)(H,26,27)/t9-,10-,11+,15-/m1/s1. The van der Waals surface area contributed by atoms with Crippen LogP contribution in [0, 0.1) is 0 Å². The molecule has 0 aromatic carbocycles. The SMILES string of the molecule is CC1(C)S[C@@H]2[C@H](NC(=O)[C@H](C(=O)O)c3ccsc3)C(=O)N2[C@H]1C(=O)NCC(=O)O. The second-order valence-corrected chi connectivity index (χ2v) is 9.74. The number of rotatable bonds is 7. The molecule has 3 heterocycles. The second kappa shape index (κ2) is 7.67. The van der Waals surface area contributed by atoms with Crippen molar-refractivity contribution in [3.8, 4) is 0 Å². The van der Waals surface area contributed by atoms with Gasteiger partial charge in [0.05, 0.1) is 0 Å². The fourth-order valence-electron chi connectivity index (χ4n) is 3.51. The molecule has 10 nitrogen and oxygen atoms in total. The van der Waals surface area contributed by atoms with E-state index in [4.69, 9.17) is 5.11 Å². The summed E-state index contributed by atoms with van der Waals surface area (Å²) in [6.45, 7) is 2.93. The van der Waals surface area contributed by atoms with Crippen molar-refractivity contribution in [3.63, 3.8) is 0 Å². The Morgan fingerprint density at radius 2 is 1.97 bits per heavy atom. The highest BCUT2D eigenvalue weighted by molar-refractivity contribution is 8.01. The Morgan fingerprint density at radius 1 is 1.28 bits per heavy atom. The number of carboxylic acids is 2. The normalized spacial score (nSPS) is 25.5. The van der Waals surface area contributed by atoms with Crippen molar-refractivity contribution in [1.82, 2.24) is 15.5 Å². The number of thiophene rings is 1. The lowest BCUT2D eigenvalue weighted by Gasteiger charge is -2.44. The van der Waals surface area contributed by atoms with Crippen LogP contribution >= 0.6 is 23.1 Å². The number of amides is 3. The van der Waals surface area contributed by atoms with Gasteiger partial charge >= 0.3 is 11.9 Å². The lowest BCUT2D eigenvalue weighted by atomic mass is 9.94. The molecule has 0 bridgehead atoms. The first kappa shape index (κ1) is 21.1. The van der Waals surface area contributed by atoms with Crippen molar-refractivity contribution < 1.29 is 34.2 Å². The van der Waals surface area contributed by atoms with Crippen LogP contribution in [0.4, 0.5) is 0 Å². The summed E-state index contributed by atoms with van der Waals surface area (Å²) in [7, 11) is 0. The maximum atomic E-state index is 12.7. The second-order valence-electron chi connectivity index (χ2n) is 7.19. The number of carbonyl (C=O) groups excluding carboxylic acids is 3. The molecule has 0 unspecified atom stereocenters. The van der Waals surface area contributed by atoms with E-state index in [0.29, 0.717) is 5.56 Å². The number of thioether (sulfide) groups is 1. The molecule has 0 saturated carbocycles. The van der Waals surface area contributed by atoms with Gasteiger partial charge in [0.25, 0.3) is 0 Å². The number of nitrogens with one attached hydrogen (secondary N) is 2. The largest absolute Gasteiger partial charge is 0.480 e. The first-order valence-corrected chi connectivity index (χ1v) is 10.4. The van der Waals surface area contributed by atoms with Crippen LogP contribution in [0.25, 0.3) is 0 Å². The summed E-state index contributed by atoms with van der Waals surface area (Å²) in [5.41, 5.74) is 0.328. The van der Waals surface area contributed by atoms with E-state index in [1.165, 1.54) is 34.1 Å². The van der Waals surface area contributed by atoms with Gasteiger partial charge in [-0.2, -0.15) is 11.3 Å². The van der Waals surface area contributed by atoms with E-state index < -0.39 is 64.3 Å². The van der Waals surface area contributed by atoms with E-state index in [2.05, 4.69) is 10.6 Å². The van der Waals surface area contributed by atoms with Crippen molar-refractivity contribution in [3.05, 3.63) is 22.4 Å². The van der Waals surface area contributed by atoms with Crippen LogP contribution in [0.3, 0.4) is 0 Å². The molecule has 0 radical (unpaired) electrons. The Labute approximate surface area is 173 Å². The minimum absolute atomic E-state index is 0.328. The minimum Gasteiger partial charge on any atom is -0.480 e. The van der Waals surface area contributed by atoms with Gasteiger partial charge in [-0.1, -0.05) is 0 Å². The van der Waals surface area contributed by atoms with Gasteiger partial charge in [0.15, 0.2) is 5.92 Å². The topological polar surface area (TPSA) is 153 Å². The van der Waals surface area contributed by atoms with Crippen molar-refractivity contribution in [1.29, 1.82) is 0 Å². The minimum atomic E-state index is -1.43. The summed E-state index contributed by atoms with van der Waals surface area (Å²) in [4.78, 5) is 61.2. The van der Waals surface area contributed by atoms with Crippen molar-refractivity contribution >= 4 is 52.8 Å². The molecule has 29 heavy (non-hydrogen) atoms. The summed E-state index contributed by atoms with van der Waals surface area (Å²) in [6.07, 6.45) is 0. The summed E-state index contributed by atoms with van der Waals surface area (Å²) >= 11 is 2.55. The average molecular weight is 441 g/mol. The Morgan fingerprint density at radius 3 is 2.52 bits per heavy atom. The molecule has 3 rings (SSSR count). The summed E-state index contributed by atoms with van der Waals surface area (Å²) < 4.78 is -0.720. The van der Waals surface area contributed by atoms with E-state index in [0.717, 1.165) is 0 Å². The molecule has 0 aliphatic carbocycles. The van der Waals surface area contributed by atoms with Gasteiger partial charge in [-0.15, -0.1) is 11.8 Å². The molecule has 2 saturated heterocycles. The predicted molar refractivity (Wildman–Crippen MR) is 103 cm³/mol. The van der Waals surface area contributed by atoms with Crippen molar-refractivity contribution in [2.75, 3.05) is 6.54 Å². The Kier molecular flexibility index (Phi) is 5.59. The van der Waals surface area contributed by atoms with Crippen LogP contribution < -0.4 is 10.6 Å². The zero-order chi connectivity index (χ0) is 21.5. The number of nitrogens with zero attached hydrogens (tertiary/aromatic N) is 1. The number of carboxylic acid groups (broad SMARTS) is 2. The first-order chi connectivity index (χ1) is 13.5. The van der Waals surface area contributed by atoms with E-state index in [-0.39, 0.29) is 0 Å². The molecule has 12 heteroatoms. The molecule has 1 aromatic rings. The summed E-state index contributed by atoms with van der Waals surface area (Å²) in [5.74, 6) is -5.86. The number of aliphatic carboxylic acids is 2. The monoisotopic (exact) mass is 441 g/mol. The average Bonchev–Trinajstić information content (AvgIpc) is 3.22. The van der Waals surface area contributed by atoms with E-state index in [1.54, 1.807) is 24.6 Å². The highest BCUT2D eigenvalue weighted by atomic mass is 32.2. The van der Waals surface area contributed by atoms with Crippen LogP contribution in [0.1, 0.15) is 25.3 Å². The van der Waals surface area contributed by atoms with Gasteiger partial charge in [-0.05, 0) is 36.2 Å². The third kappa shape index (κ3) is 3.81. The van der Waals surface area contributed by atoms with Crippen LogP contribution in [0.15, 0.2) is 16.8 Å². The fraction of sp³-hybridized carbons (Fsp3) is 0.471. The molecule has 4 atom stereocenters. The molecule has 156 valence electrons. The number of fused-ring (bicyclic) bond motifs is 1. The molecular formula is C17H19N3O7S2. The molecule has 3 amide bonds. The van der Waals surface area contributed by atoms with Gasteiger partial charge in [0, 0.05) is 4.75 Å². The Bertz CT molecular complexity index is 870. The molecule has 2 aliphatic rings. The Hall–Kier alpha value is -2.60. The van der Waals surface area contributed by atoms with E-state index >= 15 is 0 Å². The molecule has 1 aromatic heterocycles. The number of β-lactam (4-membered cyclic amide) rings is 1. The first-order valence-electron chi connectivity index (χ1n) is 8.59. The molecule has 2 aliphatic heterocycles. The summed E-state index contributed by atoms with van der Waals surface area (Å²) in [5, 5.41) is 25.6. The number of hydrogen-bond acceptors (Lipinski definition) is 7. The maximum absolute atomic E-state index is 12.7.